The predicted molar refractivity (Wildman–Crippen MR) is 104 cm³/mol. The number of halogens is 1. The number of amides is 4. The highest BCUT2D eigenvalue weighted by Crippen LogP contribution is 2.23. The SMILES string of the molecule is NC(=O)C[C@@H]1NC(=O)[C@H](CCC(=O)O)NC(=O)c2cc(Cl)ccc2OCCNC1=O. The fourth-order valence-electron chi connectivity index (χ4n) is 2.72. The third-order valence-electron chi connectivity index (χ3n) is 4.15. The monoisotopic (exact) mass is 440 g/mol. The van der Waals surface area contributed by atoms with Crippen molar-refractivity contribution in [2.75, 3.05) is 13.2 Å². The van der Waals surface area contributed by atoms with Crippen molar-refractivity contribution in [2.24, 2.45) is 5.73 Å². The van der Waals surface area contributed by atoms with Gasteiger partial charge in [0.15, 0.2) is 0 Å². The van der Waals surface area contributed by atoms with Gasteiger partial charge in [0.05, 0.1) is 18.5 Å². The lowest BCUT2D eigenvalue weighted by Gasteiger charge is -2.22. The molecule has 0 unspecified atom stereocenters. The Bertz CT molecular complexity index is 861. The van der Waals surface area contributed by atoms with Crippen LogP contribution >= 0.6 is 11.6 Å². The maximum absolute atomic E-state index is 12.8. The zero-order valence-electron chi connectivity index (χ0n) is 15.8. The molecule has 1 aromatic carbocycles. The summed E-state index contributed by atoms with van der Waals surface area (Å²) >= 11 is 5.95. The van der Waals surface area contributed by atoms with Crippen LogP contribution in [0, 0.1) is 0 Å². The van der Waals surface area contributed by atoms with Crippen molar-refractivity contribution < 1.29 is 33.8 Å². The van der Waals surface area contributed by atoms with E-state index in [0.717, 1.165) is 0 Å². The van der Waals surface area contributed by atoms with Crippen LogP contribution in [0.1, 0.15) is 29.6 Å². The molecular weight excluding hydrogens is 420 g/mol. The Morgan fingerprint density at radius 1 is 1.17 bits per heavy atom. The lowest BCUT2D eigenvalue weighted by Crippen LogP contribution is -2.54. The number of nitrogens with one attached hydrogen (secondary N) is 3. The number of carbonyl (C=O) groups excluding carboxylic acids is 4. The number of fused-ring (bicyclic) bond motifs is 1. The number of hydrogen-bond acceptors (Lipinski definition) is 6. The number of rotatable bonds is 5. The maximum Gasteiger partial charge on any atom is 0.303 e. The zero-order chi connectivity index (χ0) is 22.3. The minimum absolute atomic E-state index is 0.00661. The molecule has 4 amide bonds. The summed E-state index contributed by atoms with van der Waals surface area (Å²) in [5.74, 6) is -4.08. The Morgan fingerprint density at radius 2 is 1.90 bits per heavy atom. The van der Waals surface area contributed by atoms with Crippen LogP contribution in [-0.2, 0) is 19.2 Å². The van der Waals surface area contributed by atoms with Gasteiger partial charge in [-0.15, -0.1) is 0 Å². The van der Waals surface area contributed by atoms with Crippen molar-refractivity contribution in [1.82, 2.24) is 16.0 Å². The standard InChI is InChI=1S/C18H21ClN4O7/c19-9-1-3-13-10(7-9)16(27)22-11(2-4-15(25)26)18(29)23-12(8-14(20)24)17(28)21-5-6-30-13/h1,3,7,11-12H,2,4-6,8H2,(H2,20,24)(H,21,28)(H,22,27)(H,23,29)(H,25,26)/t11-,12-/m0/s1. The first-order valence-electron chi connectivity index (χ1n) is 8.98. The van der Waals surface area contributed by atoms with Crippen molar-refractivity contribution in [3.63, 3.8) is 0 Å². The normalized spacial score (nSPS) is 20.1. The Labute approximate surface area is 176 Å². The summed E-state index contributed by atoms with van der Waals surface area (Å²) in [6.07, 6.45) is -1.16. The lowest BCUT2D eigenvalue weighted by molar-refractivity contribution is -0.137. The van der Waals surface area contributed by atoms with E-state index in [9.17, 15) is 24.0 Å². The van der Waals surface area contributed by atoms with Gasteiger partial charge in [-0.25, -0.2) is 0 Å². The summed E-state index contributed by atoms with van der Waals surface area (Å²) in [4.78, 5) is 60.0. The van der Waals surface area contributed by atoms with Gasteiger partial charge in [-0.1, -0.05) is 11.6 Å². The van der Waals surface area contributed by atoms with Gasteiger partial charge in [0.1, 0.15) is 24.4 Å². The molecule has 0 radical (unpaired) electrons. The van der Waals surface area contributed by atoms with Gasteiger partial charge in [-0.3, -0.25) is 24.0 Å². The summed E-state index contributed by atoms with van der Waals surface area (Å²) in [7, 11) is 0. The lowest BCUT2D eigenvalue weighted by atomic mass is 10.1. The second-order valence-electron chi connectivity index (χ2n) is 6.47. The van der Waals surface area contributed by atoms with Crippen LogP contribution in [0.25, 0.3) is 0 Å². The molecule has 12 heteroatoms. The van der Waals surface area contributed by atoms with E-state index >= 15 is 0 Å². The number of carboxylic acid groups (broad SMARTS) is 1. The van der Waals surface area contributed by atoms with Crippen LogP contribution in [0.2, 0.25) is 5.02 Å². The average Bonchev–Trinajstić information content (AvgIpc) is 2.67. The Morgan fingerprint density at radius 3 is 2.57 bits per heavy atom. The average molecular weight is 441 g/mol. The van der Waals surface area contributed by atoms with Crippen LogP contribution in [0.5, 0.6) is 5.75 Å². The van der Waals surface area contributed by atoms with Gasteiger partial charge in [0.2, 0.25) is 17.7 Å². The molecule has 30 heavy (non-hydrogen) atoms. The Hall–Kier alpha value is -3.34. The third kappa shape index (κ3) is 6.62. The number of aliphatic carboxylic acids is 1. The molecule has 1 aliphatic rings. The Balaban J connectivity index is 2.37. The smallest absolute Gasteiger partial charge is 0.303 e. The third-order valence-corrected chi connectivity index (χ3v) is 4.39. The first-order valence-corrected chi connectivity index (χ1v) is 9.36. The fourth-order valence-corrected chi connectivity index (χ4v) is 2.89. The van der Waals surface area contributed by atoms with Crippen LogP contribution in [-0.4, -0.2) is 59.9 Å². The molecule has 1 aliphatic heterocycles. The number of nitrogens with two attached hydrogens (primary N) is 1. The van der Waals surface area contributed by atoms with E-state index in [2.05, 4.69) is 16.0 Å². The van der Waals surface area contributed by atoms with E-state index in [-0.39, 0.29) is 35.9 Å². The van der Waals surface area contributed by atoms with Crippen molar-refractivity contribution in [2.45, 2.75) is 31.3 Å². The molecule has 11 nitrogen and oxygen atoms in total. The molecule has 0 fully saturated rings. The molecule has 0 spiro atoms. The molecular formula is C18H21ClN4O7. The van der Waals surface area contributed by atoms with Crippen molar-refractivity contribution in [3.05, 3.63) is 28.8 Å². The van der Waals surface area contributed by atoms with E-state index in [0.29, 0.717) is 0 Å². The number of carboxylic acids is 1. The Kier molecular flexibility index (Phi) is 7.98. The van der Waals surface area contributed by atoms with Crippen molar-refractivity contribution >= 4 is 41.2 Å². The number of ether oxygens (including phenoxy) is 1. The maximum atomic E-state index is 12.8. The largest absolute Gasteiger partial charge is 0.491 e. The van der Waals surface area contributed by atoms with Gasteiger partial charge in [0, 0.05) is 11.4 Å². The number of primary amides is 1. The minimum atomic E-state index is -1.30. The molecule has 2 rings (SSSR count). The highest BCUT2D eigenvalue weighted by molar-refractivity contribution is 6.31. The summed E-state index contributed by atoms with van der Waals surface area (Å²) in [5.41, 5.74) is 5.18. The number of hydrogen-bond donors (Lipinski definition) is 5. The summed E-state index contributed by atoms with van der Waals surface area (Å²) < 4.78 is 5.53. The van der Waals surface area contributed by atoms with E-state index in [1.165, 1.54) is 18.2 Å². The van der Waals surface area contributed by atoms with Gasteiger partial charge in [-0.2, -0.15) is 0 Å². The summed E-state index contributed by atoms with van der Waals surface area (Å²) in [5, 5.41) is 16.5. The van der Waals surface area contributed by atoms with E-state index in [1.54, 1.807) is 0 Å². The molecule has 1 aromatic rings. The number of benzene rings is 1. The summed E-state index contributed by atoms with van der Waals surface area (Å²) in [6.45, 7) is 0.0173. The minimum Gasteiger partial charge on any atom is -0.491 e. The molecule has 0 saturated heterocycles. The second kappa shape index (κ2) is 10.4. The van der Waals surface area contributed by atoms with E-state index < -0.39 is 54.5 Å². The predicted octanol–water partition coefficient (Wildman–Crippen LogP) is -0.828. The van der Waals surface area contributed by atoms with Crippen molar-refractivity contribution in [3.8, 4) is 5.75 Å². The van der Waals surface area contributed by atoms with Crippen LogP contribution in [0.4, 0.5) is 0 Å². The van der Waals surface area contributed by atoms with Gasteiger partial charge in [-0.05, 0) is 24.6 Å². The fraction of sp³-hybridized carbons (Fsp3) is 0.389. The van der Waals surface area contributed by atoms with Crippen LogP contribution in [0.3, 0.4) is 0 Å². The molecule has 162 valence electrons. The molecule has 0 aromatic heterocycles. The van der Waals surface area contributed by atoms with Gasteiger partial charge >= 0.3 is 5.97 Å². The quantitative estimate of drug-likeness (QED) is 0.396. The molecule has 0 saturated carbocycles. The molecule has 0 aliphatic carbocycles. The van der Waals surface area contributed by atoms with Crippen LogP contribution in [0.15, 0.2) is 18.2 Å². The topological polar surface area (TPSA) is 177 Å². The van der Waals surface area contributed by atoms with E-state index in [4.69, 9.17) is 27.2 Å². The first-order chi connectivity index (χ1) is 14.2. The molecule has 6 N–H and O–H groups in total. The first kappa shape index (κ1) is 22.9. The second-order valence-corrected chi connectivity index (χ2v) is 6.91. The van der Waals surface area contributed by atoms with Crippen molar-refractivity contribution in [1.29, 1.82) is 0 Å². The highest BCUT2D eigenvalue weighted by atomic mass is 35.5. The zero-order valence-corrected chi connectivity index (χ0v) is 16.5. The molecule has 2 atom stereocenters. The molecule has 0 bridgehead atoms. The molecule has 1 heterocycles. The van der Waals surface area contributed by atoms with E-state index in [1.807, 2.05) is 0 Å². The number of carbonyl (C=O) groups is 5. The van der Waals surface area contributed by atoms with Gasteiger partial charge < -0.3 is 31.5 Å². The van der Waals surface area contributed by atoms with Crippen LogP contribution < -0.4 is 26.4 Å². The van der Waals surface area contributed by atoms with Gasteiger partial charge in [0.25, 0.3) is 5.91 Å². The summed E-state index contributed by atoms with van der Waals surface area (Å²) in [6, 6.07) is 1.70. The highest BCUT2D eigenvalue weighted by Gasteiger charge is 2.29.